The van der Waals surface area contributed by atoms with Gasteiger partial charge in [-0.25, -0.2) is 0 Å². The van der Waals surface area contributed by atoms with Crippen LogP contribution in [0.2, 0.25) is 0 Å². The van der Waals surface area contributed by atoms with E-state index in [4.69, 9.17) is 14.2 Å². The number of carbonyl (C=O) groups excluding carboxylic acids is 1. The summed E-state index contributed by atoms with van der Waals surface area (Å²) in [4.78, 5) is 16.1. The third kappa shape index (κ3) is 4.02. The lowest BCUT2D eigenvalue weighted by atomic mass is 10.1. The fourth-order valence-corrected chi connectivity index (χ4v) is 3.70. The first-order chi connectivity index (χ1) is 12.5. The molecule has 5 nitrogen and oxygen atoms in total. The van der Waals surface area contributed by atoms with Crippen LogP contribution >= 0.6 is 11.3 Å². The summed E-state index contributed by atoms with van der Waals surface area (Å²) in [7, 11) is 4.75. The second-order valence-corrected chi connectivity index (χ2v) is 6.91. The van der Waals surface area contributed by atoms with Gasteiger partial charge in [0.15, 0.2) is 11.5 Å². The summed E-state index contributed by atoms with van der Waals surface area (Å²) in [6.45, 7) is 8.98. The van der Waals surface area contributed by atoms with Crippen molar-refractivity contribution < 1.29 is 19.0 Å². The number of benzene rings is 1. The average Bonchev–Trinajstić information content (AvgIpc) is 3.13. The fraction of sp³-hybridized carbons (Fsp3) is 0.350. The van der Waals surface area contributed by atoms with Crippen LogP contribution in [0, 0.1) is 0 Å². The van der Waals surface area contributed by atoms with Crippen LogP contribution in [0.5, 0.6) is 17.2 Å². The van der Waals surface area contributed by atoms with Crippen molar-refractivity contribution in [2.75, 3.05) is 34.4 Å². The van der Waals surface area contributed by atoms with Gasteiger partial charge in [-0.2, -0.15) is 0 Å². The number of thiophene rings is 1. The van der Waals surface area contributed by atoms with Crippen LogP contribution in [-0.2, 0) is 0 Å². The van der Waals surface area contributed by atoms with Gasteiger partial charge >= 0.3 is 0 Å². The lowest BCUT2D eigenvalue weighted by molar-refractivity contribution is 0.0783. The van der Waals surface area contributed by atoms with Gasteiger partial charge in [-0.1, -0.05) is 12.2 Å². The lowest BCUT2D eigenvalue weighted by Crippen LogP contribution is -2.31. The molecule has 0 aliphatic heterocycles. The number of hydrogen-bond acceptors (Lipinski definition) is 5. The molecular formula is C20H25NO4S. The summed E-state index contributed by atoms with van der Waals surface area (Å²) in [5.41, 5.74) is 1.82. The van der Waals surface area contributed by atoms with Crippen LogP contribution in [0.1, 0.15) is 23.5 Å². The number of ether oxygens (including phenoxy) is 3. The van der Waals surface area contributed by atoms with Crippen molar-refractivity contribution in [1.29, 1.82) is 0 Å². The van der Waals surface area contributed by atoms with Gasteiger partial charge in [0.05, 0.1) is 26.2 Å². The molecule has 0 atom stereocenters. The maximum absolute atomic E-state index is 12.8. The van der Waals surface area contributed by atoms with Crippen molar-refractivity contribution in [3.05, 3.63) is 41.3 Å². The molecule has 0 fully saturated rings. The number of hydrogen-bond donors (Lipinski definition) is 0. The van der Waals surface area contributed by atoms with Crippen molar-refractivity contribution in [2.45, 2.75) is 13.8 Å². The van der Waals surface area contributed by atoms with E-state index in [2.05, 4.69) is 6.58 Å². The number of carbonyl (C=O) groups is 1. The Labute approximate surface area is 158 Å². The Morgan fingerprint density at radius 3 is 2.31 bits per heavy atom. The minimum Gasteiger partial charge on any atom is -0.493 e. The molecule has 6 heteroatoms. The van der Waals surface area contributed by atoms with E-state index in [-0.39, 0.29) is 5.91 Å². The average molecular weight is 375 g/mol. The van der Waals surface area contributed by atoms with Crippen molar-refractivity contribution in [1.82, 2.24) is 4.90 Å². The van der Waals surface area contributed by atoms with E-state index in [0.717, 1.165) is 16.0 Å². The molecule has 0 N–H and O–H groups in total. The highest BCUT2D eigenvalue weighted by molar-refractivity contribution is 7.17. The highest BCUT2D eigenvalue weighted by Crippen LogP contribution is 2.45. The molecule has 26 heavy (non-hydrogen) atoms. The monoisotopic (exact) mass is 375 g/mol. The Bertz CT molecular complexity index is 797. The quantitative estimate of drug-likeness (QED) is 0.638. The van der Waals surface area contributed by atoms with Crippen molar-refractivity contribution in [3.8, 4) is 27.7 Å². The molecule has 0 saturated heterocycles. The summed E-state index contributed by atoms with van der Waals surface area (Å²) >= 11 is 1.43. The molecule has 0 aliphatic rings. The molecule has 0 spiro atoms. The first-order valence-electron chi connectivity index (χ1n) is 8.29. The molecule has 1 aromatic carbocycles. The fourth-order valence-electron chi connectivity index (χ4n) is 2.70. The van der Waals surface area contributed by atoms with Gasteiger partial charge in [-0.05, 0) is 38.1 Å². The van der Waals surface area contributed by atoms with Gasteiger partial charge in [0.2, 0.25) is 5.75 Å². The molecule has 2 rings (SSSR count). The highest BCUT2D eigenvalue weighted by Gasteiger charge is 2.21. The standard InChI is InChI=1S/C20H25NO4S/c1-7-21(12-13(2)3)20(22)17-11-10-16(26-17)14-8-9-15(23-4)19(25-6)18(14)24-5/h8-11H,2,7,12H2,1,3-6H3. The molecular weight excluding hydrogens is 350 g/mol. The van der Waals surface area contributed by atoms with Gasteiger partial charge in [0, 0.05) is 23.5 Å². The lowest BCUT2D eigenvalue weighted by Gasteiger charge is -2.20. The van der Waals surface area contributed by atoms with Gasteiger partial charge in [0.1, 0.15) is 0 Å². The van der Waals surface area contributed by atoms with Gasteiger partial charge < -0.3 is 19.1 Å². The van der Waals surface area contributed by atoms with Crippen molar-refractivity contribution in [3.63, 3.8) is 0 Å². The summed E-state index contributed by atoms with van der Waals surface area (Å²) in [6, 6.07) is 7.51. The maximum atomic E-state index is 12.8. The van der Waals surface area contributed by atoms with Crippen molar-refractivity contribution in [2.24, 2.45) is 0 Å². The van der Waals surface area contributed by atoms with E-state index in [1.807, 2.05) is 38.1 Å². The number of methoxy groups -OCH3 is 3. The van der Waals surface area contributed by atoms with Crippen LogP contribution in [0.4, 0.5) is 0 Å². The minimum absolute atomic E-state index is 0.00573. The zero-order chi connectivity index (χ0) is 19.3. The molecule has 0 saturated carbocycles. The minimum atomic E-state index is 0.00573. The zero-order valence-corrected chi connectivity index (χ0v) is 16.7. The summed E-state index contributed by atoms with van der Waals surface area (Å²) < 4.78 is 16.3. The van der Waals surface area contributed by atoms with E-state index in [0.29, 0.717) is 35.2 Å². The molecule has 0 aliphatic carbocycles. The Balaban J connectivity index is 2.41. The Morgan fingerprint density at radius 1 is 1.08 bits per heavy atom. The van der Waals surface area contributed by atoms with Crippen LogP contribution in [0.25, 0.3) is 10.4 Å². The number of likely N-dealkylation sites (N-methyl/N-ethyl adjacent to an activating group) is 1. The SMILES string of the molecule is C=C(C)CN(CC)C(=O)c1ccc(-c2ccc(OC)c(OC)c2OC)s1. The van der Waals surface area contributed by atoms with Crippen LogP contribution in [-0.4, -0.2) is 45.2 Å². The number of nitrogens with zero attached hydrogens (tertiary/aromatic N) is 1. The Hall–Kier alpha value is -2.47. The van der Waals surface area contributed by atoms with Gasteiger partial charge in [-0.3, -0.25) is 4.79 Å². The normalized spacial score (nSPS) is 10.3. The largest absolute Gasteiger partial charge is 0.493 e. The van der Waals surface area contributed by atoms with Gasteiger partial charge in [0.25, 0.3) is 5.91 Å². The molecule has 140 valence electrons. The third-order valence-corrected chi connectivity index (χ3v) is 5.02. The molecule has 1 aromatic heterocycles. The molecule has 0 radical (unpaired) electrons. The smallest absolute Gasteiger partial charge is 0.264 e. The van der Waals surface area contributed by atoms with E-state index >= 15 is 0 Å². The summed E-state index contributed by atoms with van der Waals surface area (Å²) in [5, 5.41) is 0. The van der Waals surface area contributed by atoms with Crippen LogP contribution < -0.4 is 14.2 Å². The number of amides is 1. The molecule has 1 heterocycles. The van der Waals surface area contributed by atoms with Gasteiger partial charge in [-0.15, -0.1) is 11.3 Å². The van der Waals surface area contributed by atoms with E-state index in [1.165, 1.54) is 11.3 Å². The second-order valence-electron chi connectivity index (χ2n) is 5.82. The number of rotatable bonds is 8. The Kier molecular flexibility index (Phi) is 6.69. The molecule has 0 unspecified atom stereocenters. The highest BCUT2D eigenvalue weighted by atomic mass is 32.1. The molecule has 1 amide bonds. The second kappa shape index (κ2) is 8.76. The predicted molar refractivity (Wildman–Crippen MR) is 106 cm³/mol. The van der Waals surface area contributed by atoms with Crippen LogP contribution in [0.15, 0.2) is 36.4 Å². The zero-order valence-electron chi connectivity index (χ0n) is 15.9. The van der Waals surface area contributed by atoms with Crippen molar-refractivity contribution >= 4 is 17.2 Å². The topological polar surface area (TPSA) is 48.0 Å². The van der Waals surface area contributed by atoms with E-state index < -0.39 is 0 Å². The first kappa shape index (κ1) is 19.8. The van der Waals surface area contributed by atoms with E-state index in [1.54, 1.807) is 26.2 Å². The first-order valence-corrected chi connectivity index (χ1v) is 9.11. The summed E-state index contributed by atoms with van der Waals surface area (Å²) in [5.74, 6) is 1.72. The third-order valence-electron chi connectivity index (χ3n) is 3.92. The maximum Gasteiger partial charge on any atom is 0.264 e. The van der Waals surface area contributed by atoms with E-state index in [9.17, 15) is 4.79 Å². The predicted octanol–water partition coefficient (Wildman–Crippen LogP) is 4.48. The Morgan fingerprint density at radius 2 is 1.77 bits per heavy atom. The molecule has 0 bridgehead atoms. The molecule has 2 aromatic rings. The van der Waals surface area contributed by atoms with Crippen LogP contribution in [0.3, 0.4) is 0 Å². The summed E-state index contributed by atoms with van der Waals surface area (Å²) in [6.07, 6.45) is 0.